The zero-order chi connectivity index (χ0) is 43.7. The molecule has 0 heterocycles. The third-order valence-corrected chi connectivity index (χ3v) is 15.2. The molecule has 0 saturated heterocycles. The first-order chi connectivity index (χ1) is 32.6. The molecule has 2 heteroatoms. The van der Waals surface area contributed by atoms with Crippen LogP contribution in [-0.2, 0) is 10.8 Å². The van der Waals surface area contributed by atoms with Gasteiger partial charge in [0.2, 0.25) is 11.6 Å². The lowest BCUT2D eigenvalue weighted by molar-refractivity contribution is 0.0817. The van der Waals surface area contributed by atoms with Gasteiger partial charge >= 0.3 is 0 Å². The summed E-state index contributed by atoms with van der Waals surface area (Å²) in [4.78, 5) is 27.7. The van der Waals surface area contributed by atoms with E-state index in [2.05, 4.69) is 182 Å². The maximum absolute atomic E-state index is 13.9. The van der Waals surface area contributed by atoms with E-state index in [-0.39, 0.29) is 0 Å². The molecule has 0 aliphatic heterocycles. The second kappa shape index (κ2) is 13.5. The molecule has 10 aromatic carbocycles. The summed E-state index contributed by atoms with van der Waals surface area (Å²) < 4.78 is 0. The van der Waals surface area contributed by atoms with Crippen molar-refractivity contribution < 1.29 is 9.59 Å². The Morgan fingerprint density at radius 3 is 0.727 bits per heavy atom. The van der Waals surface area contributed by atoms with Crippen LogP contribution >= 0.6 is 0 Å². The lowest BCUT2D eigenvalue weighted by Crippen LogP contribution is -2.25. The highest BCUT2D eigenvalue weighted by molar-refractivity contribution is 6.49. The lowest BCUT2D eigenvalue weighted by Gasteiger charge is -2.30. The highest BCUT2D eigenvalue weighted by Gasteiger charge is 2.53. The van der Waals surface area contributed by atoms with Gasteiger partial charge in [0.15, 0.2) is 0 Å². The predicted molar refractivity (Wildman–Crippen MR) is 265 cm³/mol. The highest BCUT2D eigenvalue weighted by atomic mass is 16.2. The van der Waals surface area contributed by atoms with Crippen LogP contribution in [0.15, 0.2) is 231 Å². The molecule has 0 unspecified atom stereocenters. The zero-order valence-electron chi connectivity index (χ0n) is 35.8. The van der Waals surface area contributed by atoms with Gasteiger partial charge in [-0.25, -0.2) is 0 Å². The van der Waals surface area contributed by atoms with Crippen molar-refractivity contribution in [1.82, 2.24) is 0 Å². The minimum atomic E-state index is -0.521. The number of benzene rings is 10. The van der Waals surface area contributed by atoms with Crippen molar-refractivity contribution in [2.75, 3.05) is 0 Å². The Morgan fingerprint density at radius 2 is 0.455 bits per heavy atom. The summed E-state index contributed by atoms with van der Waals surface area (Å²) in [6.07, 6.45) is 0. The molecule has 0 aromatic heterocycles. The third-order valence-electron chi connectivity index (χ3n) is 15.2. The molecule has 10 aromatic rings. The van der Waals surface area contributed by atoms with Gasteiger partial charge in [0.25, 0.3) is 0 Å². The van der Waals surface area contributed by atoms with Crippen molar-refractivity contribution in [3.05, 3.63) is 286 Å². The maximum Gasteiger partial charge on any atom is 0.233 e. The number of fused-ring (bicyclic) bond motifs is 20. The van der Waals surface area contributed by atoms with Crippen LogP contribution in [0.2, 0.25) is 0 Å². The van der Waals surface area contributed by atoms with Crippen molar-refractivity contribution in [3.8, 4) is 66.8 Å². The lowest BCUT2D eigenvalue weighted by atomic mass is 9.70. The maximum atomic E-state index is 13.9. The quantitative estimate of drug-likeness (QED) is 0.128. The Balaban J connectivity index is 0.774. The van der Waals surface area contributed by atoms with E-state index < -0.39 is 22.4 Å². The fraction of sp³-hybridized carbons (Fsp3) is 0.0312. The molecule has 0 N–H and O–H groups in total. The Morgan fingerprint density at radius 1 is 0.227 bits per heavy atom. The van der Waals surface area contributed by atoms with Gasteiger partial charge in [-0.1, -0.05) is 218 Å². The topological polar surface area (TPSA) is 34.1 Å². The molecule has 2 nitrogen and oxygen atoms in total. The van der Waals surface area contributed by atoms with Crippen LogP contribution in [-0.4, -0.2) is 11.6 Å². The van der Waals surface area contributed by atoms with E-state index in [0.717, 1.165) is 22.3 Å². The fourth-order valence-electron chi connectivity index (χ4n) is 12.4. The van der Waals surface area contributed by atoms with E-state index in [9.17, 15) is 9.59 Å². The fourth-order valence-corrected chi connectivity index (χ4v) is 12.4. The number of Topliss-reactive ketones (excluding diaryl/α,β-unsaturated/α-hetero) is 2. The third kappa shape index (κ3) is 4.70. The molecular weight excluding hydrogens is 801 g/mol. The standard InChI is InChI=1S/C64H38O2/c65-61(41-29-25-39(26-30-41)43-33-35-51-49-17-5-11-23-57(49)63(59(51)37-43)53-19-7-1-13-45(53)46-14-2-8-20-54(46)63)62(66)42-31-27-40(28-32-42)44-34-36-52-50-18-6-12-24-58(50)64(60(52)38-44)55-21-9-3-15-47(55)48-16-4-10-22-56(48)64/h1-38H. The van der Waals surface area contributed by atoms with Gasteiger partial charge in [0.1, 0.15) is 0 Å². The number of carbonyl (C=O) groups excluding carboxylic acids is 2. The van der Waals surface area contributed by atoms with Gasteiger partial charge in [-0.05, 0) is 123 Å². The molecule has 0 bridgehead atoms. The minimum Gasteiger partial charge on any atom is -0.285 e. The van der Waals surface area contributed by atoms with Crippen LogP contribution in [0, 0.1) is 0 Å². The summed E-state index contributed by atoms with van der Waals surface area (Å²) in [7, 11) is 0. The van der Waals surface area contributed by atoms with E-state index in [1.807, 2.05) is 24.3 Å². The van der Waals surface area contributed by atoms with Crippen LogP contribution in [0.1, 0.15) is 65.2 Å². The number of carbonyl (C=O) groups is 2. The molecule has 0 radical (unpaired) electrons. The molecule has 0 amide bonds. The highest BCUT2D eigenvalue weighted by Crippen LogP contribution is 2.64. The van der Waals surface area contributed by atoms with Crippen molar-refractivity contribution >= 4 is 11.6 Å². The Bertz CT molecular complexity index is 3360. The molecule has 14 rings (SSSR count). The second-order valence-corrected chi connectivity index (χ2v) is 18.1. The molecular formula is C64H38O2. The van der Waals surface area contributed by atoms with Gasteiger partial charge in [-0.15, -0.1) is 0 Å². The Labute approximate surface area is 383 Å². The molecule has 306 valence electrons. The molecule has 66 heavy (non-hydrogen) atoms. The van der Waals surface area contributed by atoms with Gasteiger partial charge in [-0.2, -0.15) is 0 Å². The molecule has 0 saturated carbocycles. The van der Waals surface area contributed by atoms with Crippen LogP contribution in [0.5, 0.6) is 0 Å². The molecule has 4 aliphatic carbocycles. The summed E-state index contributed by atoms with van der Waals surface area (Å²) in [5.41, 5.74) is 24.4. The normalized spacial score (nSPS) is 14.1. The van der Waals surface area contributed by atoms with Crippen molar-refractivity contribution in [2.45, 2.75) is 10.8 Å². The van der Waals surface area contributed by atoms with E-state index in [1.54, 1.807) is 24.3 Å². The van der Waals surface area contributed by atoms with Crippen LogP contribution < -0.4 is 0 Å². The zero-order valence-corrected chi connectivity index (χ0v) is 35.8. The Kier molecular flexibility index (Phi) is 7.58. The van der Waals surface area contributed by atoms with Crippen LogP contribution in [0.3, 0.4) is 0 Å². The minimum absolute atomic E-state index is 0.372. The van der Waals surface area contributed by atoms with Crippen LogP contribution in [0.25, 0.3) is 66.8 Å². The van der Waals surface area contributed by atoms with Crippen molar-refractivity contribution in [3.63, 3.8) is 0 Å². The largest absolute Gasteiger partial charge is 0.285 e. The van der Waals surface area contributed by atoms with Gasteiger partial charge in [0, 0.05) is 11.1 Å². The first-order valence-electron chi connectivity index (χ1n) is 22.7. The smallest absolute Gasteiger partial charge is 0.233 e. The first-order valence-corrected chi connectivity index (χ1v) is 22.7. The van der Waals surface area contributed by atoms with Gasteiger partial charge in [0.05, 0.1) is 10.8 Å². The monoisotopic (exact) mass is 838 g/mol. The number of rotatable bonds is 5. The number of hydrogen-bond acceptors (Lipinski definition) is 2. The molecule has 2 spiro atoms. The van der Waals surface area contributed by atoms with E-state index in [1.165, 1.54) is 89.0 Å². The summed E-state index contributed by atoms with van der Waals surface area (Å²) >= 11 is 0. The van der Waals surface area contributed by atoms with Gasteiger partial charge in [-0.3, -0.25) is 9.59 Å². The van der Waals surface area contributed by atoms with Crippen molar-refractivity contribution in [1.29, 1.82) is 0 Å². The second-order valence-electron chi connectivity index (χ2n) is 18.1. The molecule has 0 atom stereocenters. The average Bonchev–Trinajstić information content (AvgIpc) is 4.07. The summed E-state index contributed by atoms with van der Waals surface area (Å²) in [6, 6.07) is 81.4. The van der Waals surface area contributed by atoms with E-state index in [0.29, 0.717) is 11.1 Å². The summed E-state index contributed by atoms with van der Waals surface area (Å²) in [6.45, 7) is 0. The van der Waals surface area contributed by atoms with Crippen LogP contribution in [0.4, 0.5) is 0 Å². The SMILES string of the molecule is O=C(C(=O)c1ccc(-c2ccc3c(c2)C2(c4ccccc4-c4ccccc42)c2ccccc2-3)cc1)c1ccc(-c2ccc3c(c2)C2(c4ccccc4-c4ccccc42)c2ccccc2-3)cc1. The summed E-state index contributed by atoms with van der Waals surface area (Å²) in [5.74, 6) is -1.04. The average molecular weight is 839 g/mol. The summed E-state index contributed by atoms with van der Waals surface area (Å²) in [5, 5.41) is 0. The predicted octanol–water partition coefficient (Wildman–Crippen LogP) is 14.8. The molecule has 4 aliphatic rings. The van der Waals surface area contributed by atoms with Crippen molar-refractivity contribution in [2.24, 2.45) is 0 Å². The van der Waals surface area contributed by atoms with E-state index in [4.69, 9.17) is 0 Å². The molecule has 0 fully saturated rings. The van der Waals surface area contributed by atoms with Gasteiger partial charge < -0.3 is 0 Å². The Hall–Kier alpha value is -8.46. The van der Waals surface area contributed by atoms with E-state index >= 15 is 0 Å². The number of ketones is 2. The first kappa shape index (κ1) is 37.0. The number of hydrogen-bond donors (Lipinski definition) is 0.